The molecular weight excluding hydrogens is 312 g/mol. The molecule has 2 rings (SSSR count). The summed E-state index contributed by atoms with van der Waals surface area (Å²) in [7, 11) is 1.76. The summed E-state index contributed by atoms with van der Waals surface area (Å²) >= 11 is 0. The molecule has 0 spiro atoms. The van der Waals surface area contributed by atoms with Gasteiger partial charge < -0.3 is 21.1 Å². The highest BCUT2D eigenvalue weighted by atomic mass is 16.3. The maximum Gasteiger partial charge on any atom is 0.191 e. The summed E-state index contributed by atoms with van der Waals surface area (Å²) in [4.78, 5) is 4.24. The number of rotatable bonds is 9. The lowest BCUT2D eigenvalue weighted by Crippen LogP contribution is -2.40. The number of hydrogen-bond acceptors (Lipinski definition) is 3. The van der Waals surface area contributed by atoms with Crippen LogP contribution in [0.3, 0.4) is 0 Å². The molecule has 0 saturated carbocycles. The molecule has 5 heteroatoms. The van der Waals surface area contributed by atoms with E-state index < -0.39 is 0 Å². The molecule has 0 amide bonds. The van der Waals surface area contributed by atoms with Gasteiger partial charge in [-0.05, 0) is 24.1 Å². The Labute approximate surface area is 150 Å². The van der Waals surface area contributed by atoms with E-state index in [-0.39, 0.29) is 12.5 Å². The van der Waals surface area contributed by atoms with Crippen molar-refractivity contribution in [1.82, 2.24) is 10.6 Å². The topological polar surface area (TPSA) is 68.7 Å². The smallest absolute Gasteiger partial charge is 0.191 e. The van der Waals surface area contributed by atoms with Crippen LogP contribution in [-0.4, -0.2) is 44.4 Å². The van der Waals surface area contributed by atoms with Gasteiger partial charge in [0.1, 0.15) is 0 Å². The first-order valence-electron chi connectivity index (χ1n) is 8.72. The maximum absolute atomic E-state index is 9.61. The van der Waals surface area contributed by atoms with Crippen LogP contribution >= 0.6 is 0 Å². The van der Waals surface area contributed by atoms with Crippen LogP contribution in [0.25, 0.3) is 0 Å². The number of nitrogens with zero attached hydrogens (tertiary/aromatic N) is 1. The zero-order valence-electron chi connectivity index (χ0n) is 14.8. The molecule has 5 nitrogen and oxygen atoms in total. The normalized spacial score (nSPS) is 12.5. The third-order valence-corrected chi connectivity index (χ3v) is 3.98. The molecule has 134 valence electrons. The van der Waals surface area contributed by atoms with E-state index in [1.165, 1.54) is 0 Å². The van der Waals surface area contributed by atoms with Gasteiger partial charge in [0, 0.05) is 38.3 Å². The highest BCUT2D eigenvalue weighted by Gasteiger charge is 2.10. The number of nitrogens with one attached hydrogen (secondary N) is 3. The summed E-state index contributed by atoms with van der Waals surface area (Å²) in [5.41, 5.74) is 2.26. The van der Waals surface area contributed by atoms with Gasteiger partial charge in [0.15, 0.2) is 5.96 Å². The van der Waals surface area contributed by atoms with E-state index in [0.717, 1.165) is 36.7 Å². The molecule has 1 atom stereocenters. The molecule has 0 aliphatic carbocycles. The summed E-state index contributed by atoms with van der Waals surface area (Å²) in [6.07, 6.45) is 0.984. The molecule has 0 fully saturated rings. The van der Waals surface area contributed by atoms with E-state index in [0.29, 0.717) is 6.54 Å². The summed E-state index contributed by atoms with van der Waals surface area (Å²) in [6, 6.07) is 20.2. The van der Waals surface area contributed by atoms with E-state index in [4.69, 9.17) is 0 Å². The highest BCUT2D eigenvalue weighted by Crippen LogP contribution is 2.13. The number of hydrogen-bond donors (Lipinski definition) is 4. The molecule has 0 radical (unpaired) electrons. The second-order valence-electron chi connectivity index (χ2n) is 5.82. The minimum atomic E-state index is 0.0551. The zero-order chi connectivity index (χ0) is 17.7. The van der Waals surface area contributed by atoms with Crippen LogP contribution in [0, 0.1) is 0 Å². The third kappa shape index (κ3) is 6.85. The van der Waals surface area contributed by atoms with E-state index >= 15 is 0 Å². The molecule has 25 heavy (non-hydrogen) atoms. The zero-order valence-corrected chi connectivity index (χ0v) is 14.8. The van der Waals surface area contributed by atoms with Crippen molar-refractivity contribution in [3.63, 3.8) is 0 Å². The predicted octanol–water partition coefficient (Wildman–Crippen LogP) is 2.43. The van der Waals surface area contributed by atoms with Crippen LogP contribution in [0.2, 0.25) is 0 Å². The van der Waals surface area contributed by atoms with Crippen molar-refractivity contribution >= 4 is 11.6 Å². The molecule has 0 heterocycles. The first-order valence-corrected chi connectivity index (χ1v) is 8.72. The number of aliphatic hydroxyl groups is 1. The minimum absolute atomic E-state index is 0.0551. The quantitative estimate of drug-likeness (QED) is 0.321. The summed E-state index contributed by atoms with van der Waals surface area (Å²) < 4.78 is 0. The summed E-state index contributed by atoms with van der Waals surface area (Å²) in [5, 5.41) is 19.6. The fourth-order valence-electron chi connectivity index (χ4n) is 2.54. The molecule has 4 N–H and O–H groups in total. The van der Waals surface area contributed by atoms with Crippen LogP contribution < -0.4 is 16.0 Å². The first kappa shape index (κ1) is 18.8. The Morgan fingerprint density at radius 2 is 1.64 bits per heavy atom. The van der Waals surface area contributed by atoms with Crippen LogP contribution in [0.1, 0.15) is 17.9 Å². The Bertz CT molecular complexity index is 616. The van der Waals surface area contributed by atoms with Gasteiger partial charge in [-0.15, -0.1) is 0 Å². The Kier molecular flexibility index (Phi) is 8.35. The average molecular weight is 340 g/mol. The third-order valence-electron chi connectivity index (χ3n) is 3.98. The first-order chi connectivity index (χ1) is 12.3. The molecule has 0 aromatic heterocycles. The van der Waals surface area contributed by atoms with Gasteiger partial charge in [-0.1, -0.05) is 48.5 Å². The van der Waals surface area contributed by atoms with Crippen molar-refractivity contribution in [3.05, 3.63) is 66.2 Å². The number of anilines is 1. The van der Waals surface area contributed by atoms with Gasteiger partial charge in [0.2, 0.25) is 0 Å². The second kappa shape index (κ2) is 11.1. The van der Waals surface area contributed by atoms with E-state index in [2.05, 4.69) is 33.1 Å². The van der Waals surface area contributed by atoms with Gasteiger partial charge >= 0.3 is 0 Å². The van der Waals surface area contributed by atoms with Crippen molar-refractivity contribution in [3.8, 4) is 0 Å². The average Bonchev–Trinajstić information content (AvgIpc) is 2.68. The lowest BCUT2D eigenvalue weighted by molar-refractivity contribution is 0.265. The lowest BCUT2D eigenvalue weighted by Gasteiger charge is -2.18. The number of benzene rings is 2. The molecular formula is C20H28N4O. The van der Waals surface area contributed by atoms with Gasteiger partial charge in [0.05, 0.1) is 6.61 Å². The molecule has 0 saturated heterocycles. The summed E-state index contributed by atoms with van der Waals surface area (Å²) in [6.45, 7) is 2.48. The molecule has 1 unspecified atom stereocenters. The monoisotopic (exact) mass is 340 g/mol. The number of para-hydroxylation sites is 1. The molecule has 0 aliphatic heterocycles. The van der Waals surface area contributed by atoms with Crippen LogP contribution in [0.15, 0.2) is 65.7 Å². The van der Waals surface area contributed by atoms with Crippen LogP contribution in [0.4, 0.5) is 5.69 Å². The van der Waals surface area contributed by atoms with Crippen LogP contribution in [0.5, 0.6) is 0 Å². The van der Waals surface area contributed by atoms with Gasteiger partial charge in [-0.3, -0.25) is 4.99 Å². The van der Waals surface area contributed by atoms with E-state index in [1.54, 1.807) is 7.05 Å². The van der Waals surface area contributed by atoms with Crippen molar-refractivity contribution in [2.75, 3.05) is 38.6 Å². The predicted molar refractivity (Wildman–Crippen MR) is 105 cm³/mol. The molecule has 0 aliphatic rings. The van der Waals surface area contributed by atoms with Gasteiger partial charge in [-0.25, -0.2) is 0 Å². The number of guanidine groups is 1. The van der Waals surface area contributed by atoms with Gasteiger partial charge in [-0.2, -0.15) is 0 Å². The molecule has 0 bridgehead atoms. The van der Waals surface area contributed by atoms with E-state index in [1.807, 2.05) is 48.5 Å². The van der Waals surface area contributed by atoms with E-state index in [9.17, 15) is 5.11 Å². The Morgan fingerprint density at radius 3 is 2.28 bits per heavy atom. The van der Waals surface area contributed by atoms with Crippen molar-refractivity contribution in [1.29, 1.82) is 0 Å². The Morgan fingerprint density at radius 1 is 0.960 bits per heavy atom. The van der Waals surface area contributed by atoms with Crippen molar-refractivity contribution in [2.45, 2.75) is 12.3 Å². The summed E-state index contributed by atoms with van der Waals surface area (Å²) in [5.74, 6) is 0.814. The fourth-order valence-corrected chi connectivity index (χ4v) is 2.54. The lowest BCUT2D eigenvalue weighted by atomic mass is 10.0. The Balaban J connectivity index is 1.66. The Hall–Kier alpha value is -2.53. The second-order valence-corrected chi connectivity index (χ2v) is 5.82. The van der Waals surface area contributed by atoms with Gasteiger partial charge in [0.25, 0.3) is 0 Å². The fraction of sp³-hybridized carbons (Fsp3) is 0.350. The van der Waals surface area contributed by atoms with Crippen molar-refractivity contribution in [2.24, 2.45) is 4.99 Å². The number of aliphatic hydroxyl groups excluding tert-OH is 1. The number of aliphatic imine (C=N–C) groups is 1. The SMILES string of the molecule is CN=C(NCCCNc1ccccc1)NCC(CO)c1ccccc1. The van der Waals surface area contributed by atoms with Crippen molar-refractivity contribution < 1.29 is 5.11 Å². The molecule has 2 aromatic rings. The highest BCUT2D eigenvalue weighted by molar-refractivity contribution is 5.79. The molecule has 2 aromatic carbocycles. The largest absolute Gasteiger partial charge is 0.396 e. The maximum atomic E-state index is 9.61. The minimum Gasteiger partial charge on any atom is -0.396 e. The standard InChI is InChI=1S/C20H28N4O/c1-21-20(23-14-8-13-22-19-11-6-3-7-12-19)24-15-18(16-25)17-9-4-2-5-10-17/h2-7,9-12,18,22,25H,8,13-16H2,1H3,(H2,21,23,24). The van der Waals surface area contributed by atoms with Crippen LogP contribution in [-0.2, 0) is 0 Å².